The van der Waals surface area contributed by atoms with E-state index in [1.54, 1.807) is 14.2 Å². The molecular weight excluding hydrogens is 328 g/mol. The molecule has 2 aliphatic carbocycles. The minimum absolute atomic E-state index is 0.0835. The van der Waals surface area contributed by atoms with Gasteiger partial charge in [0.1, 0.15) is 11.8 Å². The maximum Gasteiger partial charge on any atom is 0.254 e. The quantitative estimate of drug-likeness (QED) is 0.887. The van der Waals surface area contributed by atoms with Crippen LogP contribution in [0.3, 0.4) is 0 Å². The van der Waals surface area contributed by atoms with Crippen LogP contribution in [0.5, 0.6) is 5.75 Å². The van der Waals surface area contributed by atoms with E-state index in [-0.39, 0.29) is 23.2 Å². The monoisotopic (exact) mass is 352 g/mol. The molecule has 136 valence electrons. The van der Waals surface area contributed by atoms with Crippen molar-refractivity contribution in [3.63, 3.8) is 0 Å². The number of ether oxygens (including phenoxy) is 1. The summed E-state index contributed by atoms with van der Waals surface area (Å²) in [5.41, 5.74) is 1.76. The number of nitriles is 1. The fraction of sp³-hybridized carbons (Fsp3) is 0.476. The lowest BCUT2D eigenvalue weighted by atomic mass is 9.51. The van der Waals surface area contributed by atoms with Gasteiger partial charge in [-0.15, -0.1) is 0 Å². The maximum atomic E-state index is 12.7. The van der Waals surface area contributed by atoms with Crippen molar-refractivity contribution in [2.24, 2.45) is 11.3 Å². The molecule has 0 saturated heterocycles. The maximum absolute atomic E-state index is 12.7. The van der Waals surface area contributed by atoms with Gasteiger partial charge < -0.3 is 10.1 Å². The van der Waals surface area contributed by atoms with Gasteiger partial charge in [0.2, 0.25) is 0 Å². The lowest BCUT2D eigenvalue weighted by molar-refractivity contribution is -0.128. The number of hydrogen-bond donors (Lipinski definition) is 1. The first-order chi connectivity index (χ1) is 12.2. The number of benzene rings is 1. The molecule has 0 spiro atoms. The van der Waals surface area contributed by atoms with Crippen molar-refractivity contribution < 1.29 is 14.3 Å². The second-order valence-corrected chi connectivity index (χ2v) is 7.88. The van der Waals surface area contributed by atoms with Crippen molar-refractivity contribution in [3.05, 3.63) is 40.5 Å². The molecule has 0 radical (unpaired) electrons. The standard InChI is InChI=1S/C21H24N2O3/c1-20(2)17-7-6-12-8-14(19(25)23-4)16(26-5)9-15(12)21(17,3)10-13(11-22)18(20)24/h8-10,17H,6-7H2,1-5H3,(H,23,25)/t17-,21+/m0/s1. The highest BCUT2D eigenvalue weighted by Crippen LogP contribution is 2.55. The fourth-order valence-corrected chi connectivity index (χ4v) is 4.84. The molecule has 0 bridgehead atoms. The van der Waals surface area contributed by atoms with Gasteiger partial charge in [-0.25, -0.2) is 0 Å². The van der Waals surface area contributed by atoms with E-state index in [9.17, 15) is 14.9 Å². The molecule has 5 nitrogen and oxygen atoms in total. The molecule has 2 aliphatic rings. The number of allylic oxidation sites excluding steroid dienone is 2. The summed E-state index contributed by atoms with van der Waals surface area (Å²) in [6.45, 7) is 5.95. The second-order valence-electron chi connectivity index (χ2n) is 7.88. The highest BCUT2D eigenvalue weighted by Gasteiger charge is 2.53. The fourth-order valence-electron chi connectivity index (χ4n) is 4.84. The van der Waals surface area contributed by atoms with Crippen molar-refractivity contribution in [1.82, 2.24) is 5.32 Å². The van der Waals surface area contributed by atoms with Gasteiger partial charge in [0, 0.05) is 17.9 Å². The Morgan fingerprint density at radius 3 is 2.62 bits per heavy atom. The Hall–Kier alpha value is -2.61. The van der Waals surface area contributed by atoms with Crippen LogP contribution < -0.4 is 10.1 Å². The number of aryl methyl sites for hydroxylation is 1. The van der Waals surface area contributed by atoms with E-state index in [1.165, 1.54) is 0 Å². The number of fused-ring (bicyclic) bond motifs is 3. The topological polar surface area (TPSA) is 79.2 Å². The van der Waals surface area contributed by atoms with Gasteiger partial charge in [0.25, 0.3) is 5.91 Å². The summed E-state index contributed by atoms with van der Waals surface area (Å²) in [6, 6.07) is 5.87. The SMILES string of the molecule is CNC(=O)c1cc2c(cc1OC)[C@@]1(C)C=C(C#N)C(=O)C(C)(C)[C@@H]1CC2. The van der Waals surface area contributed by atoms with E-state index in [0.29, 0.717) is 11.3 Å². The lowest BCUT2D eigenvalue weighted by Crippen LogP contribution is -2.51. The van der Waals surface area contributed by atoms with Crippen LogP contribution in [0.4, 0.5) is 0 Å². The smallest absolute Gasteiger partial charge is 0.254 e. The third-order valence-corrected chi connectivity index (χ3v) is 6.17. The number of carbonyl (C=O) groups excluding carboxylic acids is 2. The van der Waals surface area contributed by atoms with Gasteiger partial charge in [-0.2, -0.15) is 5.26 Å². The van der Waals surface area contributed by atoms with Crippen LogP contribution in [0, 0.1) is 22.7 Å². The van der Waals surface area contributed by atoms with Crippen LogP contribution in [0.1, 0.15) is 48.7 Å². The molecule has 0 heterocycles. The van der Waals surface area contributed by atoms with Crippen LogP contribution in [-0.2, 0) is 16.6 Å². The van der Waals surface area contributed by atoms with Crippen LogP contribution in [0.2, 0.25) is 0 Å². The summed E-state index contributed by atoms with van der Waals surface area (Å²) < 4.78 is 5.47. The van der Waals surface area contributed by atoms with Crippen molar-refractivity contribution in [2.45, 2.75) is 39.0 Å². The lowest BCUT2D eigenvalue weighted by Gasteiger charge is -2.51. The number of nitrogens with zero attached hydrogens (tertiary/aromatic N) is 1. The zero-order valence-corrected chi connectivity index (χ0v) is 15.9. The number of amides is 1. The second kappa shape index (κ2) is 5.98. The third-order valence-electron chi connectivity index (χ3n) is 6.17. The predicted molar refractivity (Wildman–Crippen MR) is 98.0 cm³/mol. The van der Waals surface area contributed by atoms with Gasteiger partial charge >= 0.3 is 0 Å². The van der Waals surface area contributed by atoms with Gasteiger partial charge in [0.05, 0.1) is 18.2 Å². The average molecular weight is 352 g/mol. The number of Topliss-reactive ketones (excluding diaryl/α,β-unsaturated/α-hetero) is 1. The Labute approximate surface area is 154 Å². The average Bonchev–Trinajstić information content (AvgIpc) is 2.63. The number of rotatable bonds is 2. The zero-order valence-electron chi connectivity index (χ0n) is 15.9. The number of carbonyl (C=O) groups is 2. The molecule has 0 fully saturated rings. The van der Waals surface area contributed by atoms with Gasteiger partial charge in [-0.1, -0.05) is 26.8 Å². The Kier molecular flexibility index (Phi) is 4.18. The molecule has 0 aliphatic heterocycles. The van der Waals surface area contributed by atoms with Crippen molar-refractivity contribution in [2.75, 3.05) is 14.2 Å². The number of hydrogen-bond acceptors (Lipinski definition) is 4. The largest absolute Gasteiger partial charge is 0.496 e. The first-order valence-electron chi connectivity index (χ1n) is 8.82. The molecule has 0 unspecified atom stereocenters. The molecule has 3 rings (SSSR count). The van der Waals surface area contributed by atoms with E-state index < -0.39 is 10.8 Å². The summed E-state index contributed by atoms with van der Waals surface area (Å²) in [7, 11) is 3.14. The normalized spacial score (nSPS) is 26.1. The van der Waals surface area contributed by atoms with Crippen LogP contribution in [0.15, 0.2) is 23.8 Å². The van der Waals surface area contributed by atoms with E-state index in [1.807, 2.05) is 32.1 Å². The van der Waals surface area contributed by atoms with Gasteiger partial charge in [-0.3, -0.25) is 9.59 Å². The Morgan fingerprint density at radius 2 is 2.04 bits per heavy atom. The molecule has 1 aromatic rings. The summed E-state index contributed by atoms with van der Waals surface area (Å²) in [6.07, 6.45) is 3.44. The molecule has 1 amide bonds. The first kappa shape index (κ1) is 18.2. The van der Waals surface area contributed by atoms with E-state index >= 15 is 0 Å². The summed E-state index contributed by atoms with van der Waals surface area (Å²) in [5.74, 6) is 0.318. The molecule has 1 N–H and O–H groups in total. The van der Waals surface area contributed by atoms with Crippen LogP contribution in [0.25, 0.3) is 0 Å². The van der Waals surface area contributed by atoms with Gasteiger partial charge in [0.15, 0.2) is 5.78 Å². The van der Waals surface area contributed by atoms with Crippen molar-refractivity contribution in [3.8, 4) is 11.8 Å². The molecular formula is C21H24N2O3. The van der Waals surface area contributed by atoms with Crippen LogP contribution in [-0.4, -0.2) is 25.8 Å². The molecule has 0 aromatic heterocycles. The van der Waals surface area contributed by atoms with Crippen molar-refractivity contribution >= 4 is 11.7 Å². The minimum Gasteiger partial charge on any atom is -0.496 e. The van der Waals surface area contributed by atoms with E-state index in [4.69, 9.17) is 4.74 Å². The van der Waals surface area contributed by atoms with E-state index in [2.05, 4.69) is 18.3 Å². The first-order valence-corrected chi connectivity index (χ1v) is 8.82. The van der Waals surface area contributed by atoms with Gasteiger partial charge in [-0.05, 0) is 42.0 Å². The minimum atomic E-state index is -0.612. The molecule has 26 heavy (non-hydrogen) atoms. The summed E-state index contributed by atoms with van der Waals surface area (Å²) in [5, 5.41) is 12.1. The zero-order chi connectivity index (χ0) is 19.3. The molecule has 1 aromatic carbocycles. The molecule has 2 atom stereocenters. The Balaban J connectivity index is 2.27. The Bertz CT molecular complexity index is 876. The van der Waals surface area contributed by atoms with Crippen molar-refractivity contribution in [1.29, 1.82) is 5.26 Å². The van der Waals surface area contributed by atoms with Crippen LogP contribution >= 0.6 is 0 Å². The number of ketones is 1. The highest BCUT2D eigenvalue weighted by molar-refractivity contribution is 6.04. The number of nitrogens with one attached hydrogen (secondary N) is 1. The summed E-state index contributed by atoms with van der Waals surface area (Å²) in [4.78, 5) is 24.9. The molecule has 5 heteroatoms. The third kappa shape index (κ3) is 2.36. The summed E-state index contributed by atoms with van der Waals surface area (Å²) >= 11 is 0. The molecule has 0 saturated carbocycles. The number of methoxy groups -OCH3 is 1. The Morgan fingerprint density at radius 1 is 1.35 bits per heavy atom. The van der Waals surface area contributed by atoms with E-state index in [0.717, 1.165) is 24.0 Å². The predicted octanol–water partition coefficient (Wildman–Crippen LogP) is 2.93. The highest BCUT2D eigenvalue weighted by atomic mass is 16.5.